The summed E-state index contributed by atoms with van der Waals surface area (Å²) in [7, 11) is -0.639. The summed E-state index contributed by atoms with van der Waals surface area (Å²) in [6.07, 6.45) is -0.176. The van der Waals surface area contributed by atoms with E-state index in [9.17, 15) is 22.4 Å². The number of nitrogens with one attached hydrogen (secondary N) is 1. The smallest absolute Gasteiger partial charge is 0.312 e. The Morgan fingerprint density at radius 1 is 1.22 bits per heavy atom. The lowest BCUT2D eigenvalue weighted by molar-refractivity contribution is -0.132. The quantitative estimate of drug-likeness (QED) is 0.691. The van der Waals surface area contributed by atoms with Crippen molar-refractivity contribution < 1.29 is 22.4 Å². The van der Waals surface area contributed by atoms with Gasteiger partial charge in [-0.1, -0.05) is 18.2 Å². The molecule has 0 spiro atoms. The van der Waals surface area contributed by atoms with Gasteiger partial charge in [-0.25, -0.2) is 9.18 Å². The van der Waals surface area contributed by atoms with Crippen molar-refractivity contribution in [1.29, 1.82) is 0 Å². The van der Waals surface area contributed by atoms with Gasteiger partial charge in [0.15, 0.2) is 0 Å². The van der Waals surface area contributed by atoms with Crippen molar-refractivity contribution in [2.45, 2.75) is 12.5 Å². The van der Waals surface area contributed by atoms with E-state index >= 15 is 0 Å². The van der Waals surface area contributed by atoms with E-state index in [0.717, 1.165) is 4.31 Å². The van der Waals surface area contributed by atoms with E-state index < -0.39 is 28.1 Å². The maximum absolute atomic E-state index is 14.0. The molecule has 2 rings (SSSR count). The minimum absolute atomic E-state index is 0.165. The van der Waals surface area contributed by atoms with Crippen LogP contribution in [0.15, 0.2) is 24.3 Å². The highest BCUT2D eigenvalue weighted by atomic mass is 32.2. The second kappa shape index (κ2) is 8.63. The number of urea groups is 1. The number of piperazine rings is 1. The minimum Gasteiger partial charge on any atom is -0.352 e. The van der Waals surface area contributed by atoms with Gasteiger partial charge < -0.3 is 16.0 Å². The molecule has 3 N–H and O–H groups in total. The lowest BCUT2D eigenvalue weighted by Crippen LogP contribution is -2.53. The molecule has 1 saturated heterocycles. The topological polar surface area (TPSA) is 116 Å². The lowest BCUT2D eigenvalue weighted by Gasteiger charge is -2.35. The van der Waals surface area contributed by atoms with Gasteiger partial charge in [-0.3, -0.25) is 4.79 Å². The SMILES string of the molecule is CN(C)S(=O)(=O)N1CCN(C(=O)CC(NC(N)=O)c2ccccc2F)CC1. The van der Waals surface area contributed by atoms with E-state index in [1.54, 1.807) is 6.07 Å². The Bertz CT molecular complexity index is 794. The second-order valence-electron chi connectivity index (χ2n) is 6.36. The minimum atomic E-state index is -3.53. The van der Waals surface area contributed by atoms with Gasteiger partial charge in [-0.15, -0.1) is 0 Å². The molecule has 1 atom stereocenters. The zero-order valence-corrected chi connectivity index (χ0v) is 16.1. The normalized spacial score (nSPS) is 17.0. The van der Waals surface area contributed by atoms with E-state index in [2.05, 4.69) is 5.32 Å². The van der Waals surface area contributed by atoms with E-state index in [0.29, 0.717) is 0 Å². The first-order valence-electron chi connectivity index (χ1n) is 8.38. The molecule has 0 aliphatic carbocycles. The number of nitrogens with zero attached hydrogens (tertiary/aromatic N) is 3. The molecule has 150 valence electrons. The van der Waals surface area contributed by atoms with Crippen LogP contribution < -0.4 is 11.1 Å². The molecule has 1 heterocycles. The molecule has 0 aromatic heterocycles. The van der Waals surface area contributed by atoms with Crippen molar-refractivity contribution in [3.8, 4) is 0 Å². The monoisotopic (exact) mass is 401 g/mol. The zero-order valence-electron chi connectivity index (χ0n) is 15.3. The summed E-state index contributed by atoms with van der Waals surface area (Å²) < 4.78 is 40.7. The Morgan fingerprint density at radius 3 is 2.33 bits per heavy atom. The van der Waals surface area contributed by atoms with Crippen LogP contribution in [-0.2, 0) is 15.0 Å². The van der Waals surface area contributed by atoms with Crippen LogP contribution in [0.2, 0.25) is 0 Å². The summed E-state index contributed by atoms with van der Waals surface area (Å²) in [5, 5.41) is 2.39. The summed E-state index contributed by atoms with van der Waals surface area (Å²) in [5.41, 5.74) is 5.32. The van der Waals surface area contributed by atoms with Crippen molar-refractivity contribution >= 4 is 22.1 Å². The van der Waals surface area contributed by atoms with Crippen molar-refractivity contribution in [2.75, 3.05) is 40.3 Å². The van der Waals surface area contributed by atoms with Crippen LogP contribution in [0.4, 0.5) is 9.18 Å². The number of benzene rings is 1. The molecule has 0 saturated carbocycles. The molecular weight excluding hydrogens is 377 g/mol. The van der Waals surface area contributed by atoms with Crippen LogP contribution in [0.25, 0.3) is 0 Å². The summed E-state index contributed by atoms with van der Waals surface area (Å²) in [6.45, 7) is 0.763. The molecule has 1 aromatic rings. The molecule has 0 bridgehead atoms. The van der Waals surface area contributed by atoms with Gasteiger partial charge in [-0.05, 0) is 6.07 Å². The molecule has 27 heavy (non-hydrogen) atoms. The highest BCUT2D eigenvalue weighted by Gasteiger charge is 2.31. The number of carbonyl (C=O) groups is 2. The van der Waals surface area contributed by atoms with Crippen LogP contribution in [0.5, 0.6) is 0 Å². The third kappa shape index (κ3) is 5.15. The predicted molar refractivity (Wildman–Crippen MR) is 97.2 cm³/mol. The standard InChI is InChI=1S/C16H24FN5O4S/c1-20(2)27(25,26)22-9-7-21(8-10-22)15(23)11-14(19-16(18)24)12-5-3-4-6-13(12)17/h3-6,14H,7-11H2,1-2H3,(H3,18,19,24). The largest absolute Gasteiger partial charge is 0.352 e. The molecule has 1 aliphatic heterocycles. The van der Waals surface area contributed by atoms with Crippen LogP contribution in [-0.4, -0.2) is 74.1 Å². The average molecular weight is 401 g/mol. The van der Waals surface area contributed by atoms with Gasteiger partial charge in [0.1, 0.15) is 5.82 Å². The molecule has 9 nitrogen and oxygen atoms in total. The van der Waals surface area contributed by atoms with E-state index in [1.807, 2.05) is 0 Å². The van der Waals surface area contributed by atoms with Crippen molar-refractivity contribution in [3.05, 3.63) is 35.6 Å². The number of hydrogen-bond acceptors (Lipinski definition) is 4. The number of carbonyl (C=O) groups excluding carboxylic acids is 2. The van der Waals surface area contributed by atoms with Gasteiger partial charge in [0.2, 0.25) is 5.91 Å². The van der Waals surface area contributed by atoms with Crippen LogP contribution in [0, 0.1) is 5.82 Å². The molecule has 1 aliphatic rings. The first-order valence-corrected chi connectivity index (χ1v) is 9.78. The average Bonchev–Trinajstić information content (AvgIpc) is 2.61. The third-order valence-electron chi connectivity index (χ3n) is 4.35. The molecule has 11 heteroatoms. The predicted octanol–water partition coefficient (Wildman–Crippen LogP) is -0.124. The maximum Gasteiger partial charge on any atom is 0.312 e. The van der Waals surface area contributed by atoms with E-state index in [-0.39, 0.29) is 44.1 Å². The fourth-order valence-corrected chi connectivity index (χ4v) is 3.96. The van der Waals surface area contributed by atoms with Crippen LogP contribution in [0.1, 0.15) is 18.0 Å². The summed E-state index contributed by atoms with van der Waals surface area (Å²) >= 11 is 0. The second-order valence-corrected chi connectivity index (χ2v) is 8.50. The van der Waals surface area contributed by atoms with Gasteiger partial charge in [0.25, 0.3) is 10.2 Å². The Labute approximate surface area is 158 Å². The third-order valence-corrected chi connectivity index (χ3v) is 6.30. The van der Waals surface area contributed by atoms with Gasteiger partial charge >= 0.3 is 6.03 Å². The molecular formula is C16H24FN5O4S. The number of rotatable bonds is 6. The van der Waals surface area contributed by atoms with Crippen LogP contribution in [0.3, 0.4) is 0 Å². The number of amides is 3. The molecule has 1 aromatic carbocycles. The Kier molecular flexibility index (Phi) is 6.73. The van der Waals surface area contributed by atoms with E-state index in [4.69, 9.17) is 5.73 Å². The lowest BCUT2D eigenvalue weighted by atomic mass is 10.0. The highest BCUT2D eigenvalue weighted by Crippen LogP contribution is 2.22. The van der Waals surface area contributed by atoms with Gasteiger partial charge in [-0.2, -0.15) is 17.0 Å². The van der Waals surface area contributed by atoms with Crippen molar-refractivity contribution in [2.24, 2.45) is 5.73 Å². The first-order chi connectivity index (χ1) is 12.6. The fourth-order valence-electron chi connectivity index (χ4n) is 2.87. The Hall–Kier alpha value is -2.24. The molecule has 1 unspecified atom stereocenters. The van der Waals surface area contributed by atoms with Crippen molar-refractivity contribution in [3.63, 3.8) is 0 Å². The van der Waals surface area contributed by atoms with Gasteiger partial charge in [0, 0.05) is 45.8 Å². The molecule has 1 fully saturated rings. The van der Waals surface area contributed by atoms with Crippen LogP contribution >= 0.6 is 0 Å². The first kappa shape index (κ1) is 21.1. The summed E-state index contributed by atoms with van der Waals surface area (Å²) in [5.74, 6) is -0.871. The molecule has 3 amide bonds. The van der Waals surface area contributed by atoms with Crippen molar-refractivity contribution in [1.82, 2.24) is 18.8 Å². The maximum atomic E-state index is 14.0. The number of hydrogen-bond donors (Lipinski definition) is 2. The fraction of sp³-hybridized carbons (Fsp3) is 0.500. The summed E-state index contributed by atoms with van der Waals surface area (Å²) in [4.78, 5) is 25.4. The number of primary amides is 1. The Morgan fingerprint density at radius 2 is 1.81 bits per heavy atom. The molecule has 0 radical (unpaired) electrons. The number of nitrogens with two attached hydrogens (primary N) is 1. The number of halogens is 1. The zero-order chi connectivity index (χ0) is 20.2. The van der Waals surface area contributed by atoms with E-state index in [1.165, 1.54) is 41.5 Å². The van der Waals surface area contributed by atoms with Gasteiger partial charge in [0.05, 0.1) is 12.5 Å². The highest BCUT2D eigenvalue weighted by molar-refractivity contribution is 7.86. The summed E-state index contributed by atoms with van der Waals surface area (Å²) in [6, 6.07) is 4.05. The Balaban J connectivity index is 2.05.